The number of carboxylic acid groups (broad SMARTS) is 1. The third-order valence-corrected chi connectivity index (χ3v) is 4.29. The molecule has 26 heavy (non-hydrogen) atoms. The largest absolute Gasteiger partial charge is 0.480 e. The third-order valence-electron chi connectivity index (χ3n) is 4.29. The first-order valence-corrected chi connectivity index (χ1v) is 8.86. The molecule has 0 fully saturated rings. The van der Waals surface area contributed by atoms with Gasteiger partial charge in [-0.1, -0.05) is 51.1 Å². The number of aliphatic carboxylic acids is 1. The van der Waals surface area contributed by atoms with Crippen LogP contribution in [0, 0.1) is 5.92 Å². The van der Waals surface area contributed by atoms with Crippen LogP contribution in [0.2, 0.25) is 0 Å². The van der Waals surface area contributed by atoms with Gasteiger partial charge in [0, 0.05) is 17.8 Å². The Labute approximate surface area is 154 Å². The first kappa shape index (κ1) is 19.5. The summed E-state index contributed by atoms with van der Waals surface area (Å²) in [4.78, 5) is 23.7. The summed E-state index contributed by atoms with van der Waals surface area (Å²) in [5.41, 5.74) is 3.73. The van der Waals surface area contributed by atoms with Crippen LogP contribution in [-0.4, -0.2) is 23.0 Å². The van der Waals surface area contributed by atoms with Gasteiger partial charge in [-0.05, 0) is 41.7 Å². The molecule has 0 aliphatic carbocycles. The lowest BCUT2D eigenvalue weighted by Crippen LogP contribution is -2.44. The van der Waals surface area contributed by atoms with Gasteiger partial charge in [0.2, 0.25) is 0 Å². The maximum absolute atomic E-state index is 12.4. The Bertz CT molecular complexity index is 771. The fraction of sp³-hybridized carbons (Fsp3) is 0.333. The number of amides is 1. The summed E-state index contributed by atoms with van der Waals surface area (Å²) in [5, 5.41) is 15.2. The SMILES string of the molecule is CCc1ccccc1NCc1cccc(C(=O)NC(C(=O)O)C(C)C)c1. The van der Waals surface area contributed by atoms with E-state index in [0.29, 0.717) is 12.1 Å². The van der Waals surface area contributed by atoms with Crippen molar-refractivity contribution in [1.82, 2.24) is 5.32 Å². The molecule has 0 aliphatic heterocycles. The van der Waals surface area contributed by atoms with Crippen LogP contribution in [0.25, 0.3) is 0 Å². The highest BCUT2D eigenvalue weighted by Crippen LogP contribution is 2.17. The number of benzene rings is 2. The Morgan fingerprint density at radius 1 is 1.08 bits per heavy atom. The molecule has 0 saturated heterocycles. The number of carbonyl (C=O) groups excluding carboxylic acids is 1. The van der Waals surface area contributed by atoms with Gasteiger partial charge in [-0.25, -0.2) is 4.79 Å². The van der Waals surface area contributed by atoms with Crippen molar-refractivity contribution in [3.05, 3.63) is 65.2 Å². The van der Waals surface area contributed by atoms with E-state index in [2.05, 4.69) is 23.6 Å². The predicted octanol–water partition coefficient (Wildman–Crippen LogP) is 3.70. The molecule has 0 aromatic heterocycles. The maximum Gasteiger partial charge on any atom is 0.326 e. The highest BCUT2D eigenvalue weighted by molar-refractivity contribution is 5.96. The molecule has 5 nitrogen and oxygen atoms in total. The number of hydrogen-bond donors (Lipinski definition) is 3. The van der Waals surface area contributed by atoms with Crippen LogP contribution in [-0.2, 0) is 17.8 Å². The van der Waals surface area contributed by atoms with Gasteiger partial charge < -0.3 is 15.7 Å². The normalized spacial score (nSPS) is 11.8. The average molecular weight is 354 g/mol. The second-order valence-electron chi connectivity index (χ2n) is 6.60. The van der Waals surface area contributed by atoms with E-state index in [1.165, 1.54) is 5.56 Å². The van der Waals surface area contributed by atoms with E-state index < -0.39 is 12.0 Å². The van der Waals surface area contributed by atoms with Crippen LogP contribution in [0.4, 0.5) is 5.69 Å². The standard InChI is InChI=1S/C21H26N2O3/c1-4-16-9-5-6-11-18(16)22-13-15-8-7-10-17(12-15)20(24)23-19(14(2)3)21(25)26/h5-12,14,19,22H,4,13H2,1-3H3,(H,23,24)(H,25,26). The van der Waals surface area contributed by atoms with Crippen LogP contribution >= 0.6 is 0 Å². The van der Waals surface area contributed by atoms with Gasteiger partial charge in [-0.2, -0.15) is 0 Å². The molecule has 1 amide bonds. The van der Waals surface area contributed by atoms with Crippen molar-refractivity contribution in [2.45, 2.75) is 39.8 Å². The van der Waals surface area contributed by atoms with Crippen molar-refractivity contribution in [1.29, 1.82) is 0 Å². The Kier molecular flexibility index (Phi) is 6.78. The summed E-state index contributed by atoms with van der Waals surface area (Å²) in [6.07, 6.45) is 0.942. The first-order chi connectivity index (χ1) is 12.4. The molecule has 2 aromatic carbocycles. The number of aryl methyl sites for hydroxylation is 1. The van der Waals surface area contributed by atoms with Crippen molar-refractivity contribution in [3.63, 3.8) is 0 Å². The summed E-state index contributed by atoms with van der Waals surface area (Å²) in [6.45, 7) is 6.24. The van der Waals surface area contributed by atoms with Gasteiger partial charge >= 0.3 is 5.97 Å². The van der Waals surface area contributed by atoms with Crippen LogP contribution in [0.5, 0.6) is 0 Å². The Hall–Kier alpha value is -2.82. The topological polar surface area (TPSA) is 78.4 Å². The summed E-state index contributed by atoms with van der Waals surface area (Å²) in [5.74, 6) is -1.59. The lowest BCUT2D eigenvalue weighted by Gasteiger charge is -2.18. The fourth-order valence-corrected chi connectivity index (χ4v) is 2.76. The van der Waals surface area contributed by atoms with E-state index >= 15 is 0 Å². The molecule has 2 rings (SSSR count). The van der Waals surface area contributed by atoms with Crippen LogP contribution in [0.15, 0.2) is 48.5 Å². The minimum absolute atomic E-state index is 0.188. The highest BCUT2D eigenvalue weighted by atomic mass is 16.4. The second kappa shape index (κ2) is 9.04. The van der Waals surface area contributed by atoms with E-state index in [9.17, 15) is 14.7 Å². The molecule has 1 atom stereocenters. The van der Waals surface area contributed by atoms with Gasteiger partial charge in [0.15, 0.2) is 0 Å². The molecule has 138 valence electrons. The molecule has 5 heteroatoms. The van der Waals surface area contributed by atoms with Gasteiger partial charge in [-0.15, -0.1) is 0 Å². The zero-order valence-corrected chi connectivity index (χ0v) is 15.5. The molecule has 0 spiro atoms. The monoisotopic (exact) mass is 354 g/mol. The van der Waals surface area contributed by atoms with Crippen molar-refractivity contribution in [2.75, 3.05) is 5.32 Å². The first-order valence-electron chi connectivity index (χ1n) is 8.86. The van der Waals surface area contributed by atoms with Crippen molar-refractivity contribution in [3.8, 4) is 0 Å². The number of rotatable bonds is 8. The number of anilines is 1. The Morgan fingerprint density at radius 2 is 1.81 bits per heavy atom. The van der Waals surface area contributed by atoms with E-state index in [1.54, 1.807) is 26.0 Å². The zero-order chi connectivity index (χ0) is 19.1. The fourth-order valence-electron chi connectivity index (χ4n) is 2.76. The van der Waals surface area contributed by atoms with E-state index in [-0.39, 0.29) is 11.8 Å². The van der Waals surface area contributed by atoms with Crippen LogP contribution in [0.1, 0.15) is 42.3 Å². The smallest absolute Gasteiger partial charge is 0.326 e. The number of nitrogens with one attached hydrogen (secondary N) is 2. The van der Waals surface area contributed by atoms with Gasteiger partial charge in [0.05, 0.1) is 0 Å². The van der Waals surface area contributed by atoms with E-state index in [4.69, 9.17) is 0 Å². The average Bonchev–Trinajstić information content (AvgIpc) is 2.64. The van der Waals surface area contributed by atoms with Gasteiger partial charge in [-0.3, -0.25) is 4.79 Å². The summed E-state index contributed by atoms with van der Waals surface area (Å²) in [7, 11) is 0. The molecule has 2 aromatic rings. The van der Waals surface area contributed by atoms with Gasteiger partial charge in [0.25, 0.3) is 5.91 Å². The Morgan fingerprint density at radius 3 is 2.46 bits per heavy atom. The molecule has 0 radical (unpaired) electrons. The second-order valence-corrected chi connectivity index (χ2v) is 6.60. The summed E-state index contributed by atoms with van der Waals surface area (Å²) >= 11 is 0. The quantitative estimate of drug-likeness (QED) is 0.675. The van der Waals surface area contributed by atoms with Crippen molar-refractivity contribution in [2.24, 2.45) is 5.92 Å². The zero-order valence-electron chi connectivity index (χ0n) is 15.5. The molecule has 3 N–H and O–H groups in total. The molecule has 0 aliphatic rings. The van der Waals surface area contributed by atoms with Crippen molar-refractivity contribution < 1.29 is 14.7 Å². The van der Waals surface area contributed by atoms with Gasteiger partial charge in [0.1, 0.15) is 6.04 Å². The third kappa shape index (κ3) is 5.09. The highest BCUT2D eigenvalue weighted by Gasteiger charge is 2.23. The number of carbonyl (C=O) groups is 2. The minimum Gasteiger partial charge on any atom is -0.480 e. The Balaban J connectivity index is 2.07. The number of hydrogen-bond acceptors (Lipinski definition) is 3. The van der Waals surface area contributed by atoms with Crippen LogP contribution < -0.4 is 10.6 Å². The predicted molar refractivity (Wildman–Crippen MR) is 103 cm³/mol. The van der Waals surface area contributed by atoms with E-state index in [0.717, 1.165) is 17.7 Å². The molecular formula is C21H26N2O3. The molecule has 1 unspecified atom stereocenters. The summed E-state index contributed by atoms with van der Waals surface area (Å²) < 4.78 is 0. The molecule has 0 heterocycles. The van der Waals surface area contributed by atoms with Crippen molar-refractivity contribution >= 4 is 17.6 Å². The molecule has 0 saturated carbocycles. The number of para-hydroxylation sites is 1. The summed E-state index contributed by atoms with van der Waals surface area (Å²) in [6, 6.07) is 14.5. The lowest BCUT2D eigenvalue weighted by molar-refractivity contribution is -0.140. The number of carboxylic acids is 1. The van der Waals surface area contributed by atoms with E-state index in [1.807, 2.05) is 30.3 Å². The minimum atomic E-state index is -1.03. The molecular weight excluding hydrogens is 328 g/mol. The maximum atomic E-state index is 12.4. The lowest BCUT2D eigenvalue weighted by atomic mass is 10.0. The molecule has 0 bridgehead atoms. The van der Waals surface area contributed by atoms with Crippen LogP contribution in [0.3, 0.4) is 0 Å².